The van der Waals surface area contributed by atoms with Crippen LogP contribution in [-0.4, -0.2) is 38.4 Å². The van der Waals surface area contributed by atoms with Gasteiger partial charge in [-0.1, -0.05) is 0 Å². The molecule has 6 nitrogen and oxygen atoms in total. The van der Waals surface area contributed by atoms with Crippen LogP contribution in [0.3, 0.4) is 0 Å². The van der Waals surface area contributed by atoms with Gasteiger partial charge in [-0.3, -0.25) is 9.78 Å². The molecule has 0 radical (unpaired) electrons. The summed E-state index contributed by atoms with van der Waals surface area (Å²) >= 11 is 0. The molecule has 23 heavy (non-hydrogen) atoms. The smallest absolute Gasteiger partial charge is 0.254 e. The molecule has 1 amide bonds. The number of carbonyl (C=O) groups excluding carboxylic acids is 1. The summed E-state index contributed by atoms with van der Waals surface area (Å²) in [7, 11) is 0. The molecule has 0 bridgehead atoms. The minimum absolute atomic E-state index is 0.0738. The number of hydrogen-bond donors (Lipinski definition) is 2. The lowest BCUT2D eigenvalue weighted by Gasteiger charge is -2.27. The molecule has 1 fully saturated rings. The highest BCUT2D eigenvalue weighted by molar-refractivity contribution is 5.95. The number of aromatic nitrogens is 3. The van der Waals surface area contributed by atoms with Gasteiger partial charge in [-0.05, 0) is 50.7 Å². The van der Waals surface area contributed by atoms with Crippen LogP contribution in [0.4, 0.5) is 0 Å². The van der Waals surface area contributed by atoms with Gasteiger partial charge in [0.25, 0.3) is 5.91 Å². The average molecular weight is 314 g/mol. The molecule has 0 spiro atoms. The van der Waals surface area contributed by atoms with Crippen molar-refractivity contribution in [3.63, 3.8) is 0 Å². The molecule has 6 heteroatoms. The van der Waals surface area contributed by atoms with Crippen LogP contribution in [0.25, 0.3) is 5.69 Å². The van der Waals surface area contributed by atoms with Crippen molar-refractivity contribution in [3.05, 3.63) is 42.0 Å². The predicted molar refractivity (Wildman–Crippen MR) is 86.4 cm³/mol. The Kier molecular flexibility index (Phi) is 4.71. The Balaban J connectivity index is 1.68. The van der Waals surface area contributed by atoms with Gasteiger partial charge in [-0.25, -0.2) is 4.68 Å². The van der Waals surface area contributed by atoms with Crippen LogP contribution in [0.2, 0.25) is 0 Å². The fourth-order valence-electron chi connectivity index (χ4n) is 3.13. The largest absolute Gasteiger partial charge is 0.396 e. The van der Waals surface area contributed by atoms with E-state index in [0.29, 0.717) is 11.5 Å². The van der Waals surface area contributed by atoms with E-state index in [1.54, 1.807) is 23.3 Å². The monoisotopic (exact) mass is 314 g/mol. The summed E-state index contributed by atoms with van der Waals surface area (Å²) in [5.41, 5.74) is 2.31. The molecule has 0 aliphatic heterocycles. The van der Waals surface area contributed by atoms with Crippen LogP contribution in [0.1, 0.15) is 41.7 Å². The zero-order valence-corrected chi connectivity index (χ0v) is 13.3. The Morgan fingerprint density at radius 1 is 1.30 bits per heavy atom. The van der Waals surface area contributed by atoms with E-state index in [0.717, 1.165) is 37.1 Å². The van der Waals surface area contributed by atoms with Crippen LogP contribution in [0.5, 0.6) is 0 Å². The summed E-state index contributed by atoms with van der Waals surface area (Å²) in [6, 6.07) is 3.91. The molecule has 0 aromatic carbocycles. The number of aliphatic hydroxyl groups excluding tert-OH is 1. The summed E-state index contributed by atoms with van der Waals surface area (Å²) in [4.78, 5) is 16.5. The molecule has 2 aromatic heterocycles. The zero-order chi connectivity index (χ0) is 16.2. The number of nitrogens with zero attached hydrogens (tertiary/aromatic N) is 3. The second-order valence-corrected chi connectivity index (χ2v) is 6.13. The van der Waals surface area contributed by atoms with Crippen molar-refractivity contribution in [1.29, 1.82) is 0 Å². The van der Waals surface area contributed by atoms with Gasteiger partial charge >= 0.3 is 0 Å². The standard InChI is InChI=1S/C17H22N4O2/c1-12-16(10-19-21(12)15-6-8-18-9-7-15)17(23)20-14-4-2-13(11-22)3-5-14/h6-10,13-14,22H,2-5,11H2,1H3,(H,20,23). The molecule has 1 saturated carbocycles. The highest BCUT2D eigenvalue weighted by Gasteiger charge is 2.23. The highest BCUT2D eigenvalue weighted by atomic mass is 16.3. The molecule has 1 aliphatic carbocycles. The van der Waals surface area contributed by atoms with Gasteiger partial charge in [0.2, 0.25) is 0 Å². The first-order valence-corrected chi connectivity index (χ1v) is 8.05. The molecular formula is C17H22N4O2. The van der Waals surface area contributed by atoms with Gasteiger partial charge in [0.05, 0.1) is 23.1 Å². The number of nitrogens with one attached hydrogen (secondary N) is 1. The number of aliphatic hydroxyl groups is 1. The SMILES string of the molecule is Cc1c(C(=O)NC2CCC(CO)CC2)cnn1-c1ccncc1. The molecule has 122 valence electrons. The van der Waals surface area contributed by atoms with Crippen molar-refractivity contribution >= 4 is 5.91 Å². The number of pyridine rings is 1. The maximum Gasteiger partial charge on any atom is 0.254 e. The van der Waals surface area contributed by atoms with Gasteiger partial charge in [0.15, 0.2) is 0 Å². The van der Waals surface area contributed by atoms with Crippen molar-refractivity contribution in [3.8, 4) is 5.69 Å². The van der Waals surface area contributed by atoms with Gasteiger partial charge in [0.1, 0.15) is 0 Å². The van der Waals surface area contributed by atoms with E-state index in [9.17, 15) is 9.90 Å². The van der Waals surface area contributed by atoms with E-state index in [-0.39, 0.29) is 18.6 Å². The lowest BCUT2D eigenvalue weighted by molar-refractivity contribution is 0.0913. The number of hydrogen-bond acceptors (Lipinski definition) is 4. The van der Waals surface area contributed by atoms with Crippen LogP contribution in [0.15, 0.2) is 30.7 Å². The topological polar surface area (TPSA) is 80.0 Å². The van der Waals surface area contributed by atoms with E-state index >= 15 is 0 Å². The second-order valence-electron chi connectivity index (χ2n) is 6.13. The minimum atomic E-state index is -0.0738. The second kappa shape index (κ2) is 6.91. The molecule has 0 saturated heterocycles. The average Bonchev–Trinajstić information content (AvgIpc) is 2.98. The minimum Gasteiger partial charge on any atom is -0.396 e. The Labute approximate surface area is 135 Å². The molecule has 2 N–H and O–H groups in total. The summed E-state index contributed by atoms with van der Waals surface area (Å²) in [6.07, 6.45) is 8.81. The third-order valence-electron chi connectivity index (χ3n) is 4.60. The molecule has 3 rings (SSSR count). The highest BCUT2D eigenvalue weighted by Crippen LogP contribution is 2.24. The first-order chi connectivity index (χ1) is 11.2. The summed E-state index contributed by atoms with van der Waals surface area (Å²) < 4.78 is 1.75. The van der Waals surface area contributed by atoms with Crippen molar-refractivity contribution < 1.29 is 9.90 Å². The van der Waals surface area contributed by atoms with Gasteiger partial charge < -0.3 is 10.4 Å². The fourth-order valence-corrected chi connectivity index (χ4v) is 3.13. The predicted octanol–water partition coefficient (Wildman–Crippen LogP) is 1.86. The van der Waals surface area contributed by atoms with E-state index < -0.39 is 0 Å². The normalized spacial score (nSPS) is 21.1. The molecule has 0 atom stereocenters. The Bertz CT molecular complexity index is 660. The van der Waals surface area contributed by atoms with Crippen LogP contribution < -0.4 is 5.32 Å². The number of carbonyl (C=O) groups is 1. The number of amides is 1. The third-order valence-corrected chi connectivity index (χ3v) is 4.60. The molecule has 1 aliphatic rings. The Hall–Kier alpha value is -2.21. The van der Waals surface area contributed by atoms with Crippen molar-refractivity contribution in [2.24, 2.45) is 5.92 Å². The van der Waals surface area contributed by atoms with Crippen molar-refractivity contribution in [1.82, 2.24) is 20.1 Å². The lowest BCUT2D eigenvalue weighted by Crippen LogP contribution is -2.38. The lowest BCUT2D eigenvalue weighted by atomic mass is 9.86. The van der Waals surface area contributed by atoms with E-state index in [1.165, 1.54) is 0 Å². The third kappa shape index (κ3) is 3.42. The van der Waals surface area contributed by atoms with Gasteiger partial charge in [-0.2, -0.15) is 5.10 Å². The molecule has 0 unspecified atom stereocenters. The first-order valence-electron chi connectivity index (χ1n) is 8.05. The Morgan fingerprint density at radius 3 is 2.65 bits per heavy atom. The van der Waals surface area contributed by atoms with Gasteiger partial charge in [-0.15, -0.1) is 0 Å². The zero-order valence-electron chi connectivity index (χ0n) is 13.3. The first kappa shape index (κ1) is 15.7. The van der Waals surface area contributed by atoms with E-state index in [4.69, 9.17) is 0 Å². The Morgan fingerprint density at radius 2 is 2.00 bits per heavy atom. The quantitative estimate of drug-likeness (QED) is 0.902. The summed E-state index contributed by atoms with van der Waals surface area (Å²) in [5.74, 6) is 0.314. The van der Waals surface area contributed by atoms with Crippen molar-refractivity contribution in [2.45, 2.75) is 38.6 Å². The van der Waals surface area contributed by atoms with E-state index in [1.807, 2.05) is 19.1 Å². The van der Waals surface area contributed by atoms with Gasteiger partial charge in [0, 0.05) is 25.0 Å². The maximum absolute atomic E-state index is 12.5. The number of rotatable bonds is 4. The molecule has 2 heterocycles. The maximum atomic E-state index is 12.5. The summed E-state index contributed by atoms with van der Waals surface area (Å²) in [6.45, 7) is 2.14. The van der Waals surface area contributed by atoms with Crippen LogP contribution in [0, 0.1) is 12.8 Å². The molecule has 2 aromatic rings. The fraction of sp³-hybridized carbons (Fsp3) is 0.471. The summed E-state index contributed by atoms with van der Waals surface area (Å²) in [5, 5.41) is 16.6. The van der Waals surface area contributed by atoms with Crippen molar-refractivity contribution in [2.75, 3.05) is 6.61 Å². The van der Waals surface area contributed by atoms with Crippen LogP contribution >= 0.6 is 0 Å². The van der Waals surface area contributed by atoms with E-state index in [2.05, 4.69) is 15.4 Å². The van der Waals surface area contributed by atoms with Crippen LogP contribution in [-0.2, 0) is 0 Å². The molecular weight excluding hydrogens is 292 g/mol.